The summed E-state index contributed by atoms with van der Waals surface area (Å²) in [6.45, 7) is 2.61. The lowest BCUT2D eigenvalue weighted by molar-refractivity contribution is -0.147. The molecule has 0 aliphatic rings. The van der Waals surface area contributed by atoms with Gasteiger partial charge in [0.2, 0.25) is 5.91 Å². The van der Waals surface area contributed by atoms with Crippen molar-refractivity contribution in [1.82, 2.24) is 5.32 Å². The van der Waals surface area contributed by atoms with Crippen LogP contribution in [0.3, 0.4) is 0 Å². The minimum Gasteiger partial charge on any atom is -0.480 e. The number of esters is 1. The molecule has 0 aromatic rings. The van der Waals surface area contributed by atoms with Crippen LogP contribution < -0.4 is 5.32 Å². The fourth-order valence-electron chi connectivity index (χ4n) is 7.11. The number of allylic oxidation sites excluding steroid dienone is 4. The number of carboxylic acid groups (broad SMARTS) is 1. The summed E-state index contributed by atoms with van der Waals surface area (Å²) in [4.78, 5) is 46.1. The van der Waals surface area contributed by atoms with Crippen LogP contribution in [0.2, 0.25) is 0 Å². The average molecular weight is 886 g/mol. The van der Waals surface area contributed by atoms with Crippen molar-refractivity contribution in [3.63, 3.8) is 0 Å². The zero-order valence-corrected chi connectivity index (χ0v) is 39.9. The molecule has 0 rings (SSSR count). The molecule has 0 radical (unpaired) electrons. The molecule has 0 saturated heterocycles. The van der Waals surface area contributed by atoms with Gasteiger partial charge in [-0.25, -0.2) is 9.36 Å². The summed E-state index contributed by atoms with van der Waals surface area (Å²) in [5.41, 5.74) is 0. The molecule has 358 valence electrons. The highest BCUT2D eigenvalue weighted by Crippen LogP contribution is 2.43. The summed E-state index contributed by atoms with van der Waals surface area (Å²) < 4.78 is 26.9. The zero-order valence-electron chi connectivity index (χ0n) is 39.0. The van der Waals surface area contributed by atoms with Crippen LogP contribution in [-0.2, 0) is 32.7 Å². The molecule has 0 spiro atoms. The van der Waals surface area contributed by atoms with Crippen LogP contribution in [0.5, 0.6) is 0 Å². The number of nitrogens with one attached hydrogen (secondary N) is 1. The Hall–Kier alpha value is -2.04. The number of carbonyl (C=O) groups is 3. The van der Waals surface area contributed by atoms with Gasteiger partial charge in [0.1, 0.15) is 12.7 Å². The molecule has 0 bridgehead atoms. The van der Waals surface area contributed by atoms with Crippen LogP contribution in [0.1, 0.15) is 239 Å². The molecule has 0 aromatic carbocycles. The number of hydrogen-bond donors (Lipinski definition) is 4. The Morgan fingerprint density at radius 1 is 0.525 bits per heavy atom. The molecule has 0 saturated carbocycles. The Labute approximate surface area is 372 Å². The molecule has 1 amide bonds. The predicted molar refractivity (Wildman–Crippen MR) is 249 cm³/mol. The van der Waals surface area contributed by atoms with Gasteiger partial charge in [0.15, 0.2) is 6.04 Å². The Morgan fingerprint density at radius 3 is 1.34 bits per heavy atom. The monoisotopic (exact) mass is 886 g/mol. The number of phosphoric ester groups is 1. The third kappa shape index (κ3) is 44.4. The summed E-state index contributed by atoms with van der Waals surface area (Å²) in [6.07, 6.45) is 47.6. The molecule has 3 unspecified atom stereocenters. The van der Waals surface area contributed by atoms with E-state index < -0.39 is 57.6 Å². The van der Waals surface area contributed by atoms with E-state index in [9.17, 15) is 34.1 Å². The van der Waals surface area contributed by atoms with Crippen LogP contribution in [0.15, 0.2) is 24.3 Å². The first-order chi connectivity index (χ1) is 29.6. The molecule has 0 aliphatic carbocycles. The van der Waals surface area contributed by atoms with E-state index in [2.05, 4.69) is 43.5 Å². The normalized spacial score (nSPS) is 13.8. The van der Waals surface area contributed by atoms with Gasteiger partial charge in [0, 0.05) is 12.8 Å². The third-order valence-corrected chi connectivity index (χ3v) is 11.9. The maximum atomic E-state index is 12.4. The van der Waals surface area contributed by atoms with Crippen molar-refractivity contribution in [1.29, 1.82) is 0 Å². The molecular weight excluding hydrogens is 794 g/mol. The number of unbranched alkanes of at least 4 members (excludes halogenated alkanes) is 29. The van der Waals surface area contributed by atoms with Gasteiger partial charge < -0.3 is 25.2 Å². The standard InChI is InChI=1S/C49H92NO10P/c1-3-5-7-9-11-13-15-17-19-21-23-24-26-28-30-32-34-36-38-40-47(52)50-46(49(54)55)44-60-61(56,57)59-43-45(51)42-58-48(53)41-39-37-35-33-31-29-27-25-22-20-18-16-14-12-10-8-6-4-2/h14,16,20,22,45-46,51H,3-13,15,17-19,21,23-44H2,1-2H3,(H,50,52)(H,54,55)(H,56,57)/b16-14-,22-20-. The SMILES string of the molecule is CCCCCC/C=C\C/C=C\CCCCCCCCCC(=O)OCC(O)COP(=O)(O)OCC(NC(=O)CCCCCCCCCCCCCCCCCCCCC)C(=O)O. The van der Waals surface area contributed by atoms with Crippen LogP contribution in [-0.4, -0.2) is 64.9 Å². The van der Waals surface area contributed by atoms with Crippen molar-refractivity contribution < 1.29 is 47.8 Å². The van der Waals surface area contributed by atoms with E-state index in [1.54, 1.807) is 0 Å². The zero-order chi connectivity index (χ0) is 44.9. The van der Waals surface area contributed by atoms with Gasteiger partial charge in [-0.2, -0.15) is 0 Å². The van der Waals surface area contributed by atoms with Crippen molar-refractivity contribution in [3.8, 4) is 0 Å². The van der Waals surface area contributed by atoms with Crippen LogP contribution in [0, 0.1) is 0 Å². The number of aliphatic hydroxyl groups excluding tert-OH is 1. The van der Waals surface area contributed by atoms with E-state index in [-0.39, 0.29) is 12.8 Å². The number of amides is 1. The van der Waals surface area contributed by atoms with Crippen LogP contribution >= 0.6 is 7.82 Å². The van der Waals surface area contributed by atoms with Gasteiger partial charge in [-0.1, -0.05) is 205 Å². The molecule has 12 heteroatoms. The number of ether oxygens (including phenoxy) is 1. The van der Waals surface area contributed by atoms with E-state index in [4.69, 9.17) is 13.8 Å². The molecule has 4 N–H and O–H groups in total. The largest absolute Gasteiger partial charge is 0.480 e. The number of aliphatic hydroxyl groups is 1. The maximum Gasteiger partial charge on any atom is 0.472 e. The number of carbonyl (C=O) groups excluding carboxylic acids is 2. The molecule has 3 atom stereocenters. The fraction of sp³-hybridized carbons (Fsp3) is 0.857. The van der Waals surface area contributed by atoms with Crippen molar-refractivity contribution >= 4 is 25.7 Å². The first-order valence-electron chi connectivity index (χ1n) is 24.9. The Balaban J connectivity index is 3.83. The highest BCUT2D eigenvalue weighted by Gasteiger charge is 2.28. The molecule has 0 fully saturated rings. The molecule has 0 aromatic heterocycles. The lowest BCUT2D eigenvalue weighted by Gasteiger charge is -2.18. The Bertz CT molecular complexity index is 1130. The summed E-state index contributed by atoms with van der Waals surface area (Å²) in [5, 5.41) is 21.9. The first kappa shape index (κ1) is 59.0. The number of aliphatic carboxylic acids is 1. The van der Waals surface area contributed by atoms with Crippen molar-refractivity contribution in [2.45, 2.75) is 251 Å². The van der Waals surface area contributed by atoms with E-state index in [0.29, 0.717) is 12.8 Å². The fourth-order valence-corrected chi connectivity index (χ4v) is 7.88. The second-order valence-electron chi connectivity index (χ2n) is 17.0. The van der Waals surface area contributed by atoms with Crippen molar-refractivity contribution in [2.75, 3.05) is 19.8 Å². The number of carboxylic acids is 1. The number of phosphoric acid groups is 1. The van der Waals surface area contributed by atoms with E-state index >= 15 is 0 Å². The predicted octanol–water partition coefficient (Wildman–Crippen LogP) is 13.4. The van der Waals surface area contributed by atoms with Crippen LogP contribution in [0.25, 0.3) is 0 Å². The summed E-state index contributed by atoms with van der Waals surface area (Å²) in [6, 6.07) is -1.54. The molecule has 0 aliphatic heterocycles. The van der Waals surface area contributed by atoms with Gasteiger partial charge >= 0.3 is 19.8 Å². The molecule has 61 heavy (non-hydrogen) atoms. The van der Waals surface area contributed by atoms with E-state index in [0.717, 1.165) is 51.4 Å². The summed E-state index contributed by atoms with van der Waals surface area (Å²) >= 11 is 0. The average Bonchev–Trinajstić information content (AvgIpc) is 3.24. The van der Waals surface area contributed by atoms with Gasteiger partial charge in [-0.3, -0.25) is 18.6 Å². The second kappa shape index (κ2) is 44.6. The Morgan fingerprint density at radius 2 is 0.902 bits per heavy atom. The lowest BCUT2D eigenvalue weighted by Crippen LogP contribution is -2.43. The van der Waals surface area contributed by atoms with Crippen LogP contribution in [0.4, 0.5) is 0 Å². The molecule has 11 nitrogen and oxygen atoms in total. The third-order valence-electron chi connectivity index (χ3n) is 11.0. The van der Waals surface area contributed by atoms with Crippen molar-refractivity contribution in [2.24, 2.45) is 0 Å². The van der Waals surface area contributed by atoms with Gasteiger partial charge in [-0.15, -0.1) is 0 Å². The van der Waals surface area contributed by atoms with Gasteiger partial charge in [0.05, 0.1) is 13.2 Å². The number of rotatable bonds is 47. The smallest absolute Gasteiger partial charge is 0.472 e. The molecule has 0 heterocycles. The second-order valence-corrected chi connectivity index (χ2v) is 18.5. The lowest BCUT2D eigenvalue weighted by atomic mass is 10.0. The van der Waals surface area contributed by atoms with E-state index in [1.165, 1.54) is 148 Å². The minimum atomic E-state index is -4.76. The highest BCUT2D eigenvalue weighted by atomic mass is 31.2. The van der Waals surface area contributed by atoms with Gasteiger partial charge in [-0.05, 0) is 44.9 Å². The van der Waals surface area contributed by atoms with Crippen molar-refractivity contribution in [3.05, 3.63) is 24.3 Å². The topological polar surface area (TPSA) is 169 Å². The maximum absolute atomic E-state index is 12.4. The first-order valence-corrected chi connectivity index (χ1v) is 26.4. The Kier molecular flexibility index (Phi) is 43.1. The van der Waals surface area contributed by atoms with E-state index in [1.807, 2.05) is 0 Å². The number of hydrogen-bond acceptors (Lipinski definition) is 8. The summed E-state index contributed by atoms with van der Waals surface area (Å²) in [5.74, 6) is -2.37. The quantitative estimate of drug-likeness (QED) is 0.0200. The summed E-state index contributed by atoms with van der Waals surface area (Å²) in [7, 11) is -4.76. The molecular formula is C49H92NO10P. The van der Waals surface area contributed by atoms with Gasteiger partial charge in [0.25, 0.3) is 0 Å². The highest BCUT2D eigenvalue weighted by molar-refractivity contribution is 7.47. The minimum absolute atomic E-state index is 0.150.